The van der Waals surface area contributed by atoms with E-state index in [1.807, 2.05) is 24.3 Å². The molecule has 1 aromatic carbocycles. The number of benzene rings is 1. The van der Waals surface area contributed by atoms with Crippen molar-refractivity contribution in [3.05, 3.63) is 34.3 Å². The molecular weight excluding hydrogens is 338 g/mol. The van der Waals surface area contributed by atoms with Gasteiger partial charge >= 0.3 is 0 Å². The Balaban J connectivity index is 2.40. The Morgan fingerprint density at radius 1 is 1.55 bits per heavy atom. The summed E-state index contributed by atoms with van der Waals surface area (Å²) in [4.78, 5) is 12.9. The largest absolute Gasteiger partial charge is 0.375 e. The van der Waals surface area contributed by atoms with E-state index in [0.717, 1.165) is 22.9 Å². The number of carbonyl (C=O) groups is 1. The zero-order valence-electron chi connectivity index (χ0n) is 11.5. The minimum atomic E-state index is -0.532. The summed E-state index contributed by atoms with van der Waals surface area (Å²) >= 11 is 8.41. The molecule has 4 nitrogen and oxygen atoms in total. The summed E-state index contributed by atoms with van der Waals surface area (Å²) in [5, 5.41) is 1.31. The molecule has 2 rings (SSSR count). The van der Waals surface area contributed by atoms with Crippen LogP contribution < -0.4 is 11.2 Å². The molecule has 1 aliphatic rings. The van der Waals surface area contributed by atoms with Crippen LogP contribution in [0.5, 0.6) is 0 Å². The predicted molar refractivity (Wildman–Crippen MR) is 86.9 cm³/mol. The van der Waals surface area contributed by atoms with E-state index in [1.165, 1.54) is 5.01 Å². The van der Waals surface area contributed by atoms with Gasteiger partial charge in [0.05, 0.1) is 5.41 Å². The molecule has 3 N–H and O–H groups in total. The van der Waals surface area contributed by atoms with Gasteiger partial charge < -0.3 is 5.73 Å². The number of hydrazine groups is 1. The summed E-state index contributed by atoms with van der Waals surface area (Å²) in [6.45, 7) is 2.15. The molecule has 1 amide bonds. The van der Waals surface area contributed by atoms with Crippen molar-refractivity contribution in [2.75, 3.05) is 7.05 Å². The standard InChI is InChI=1S/C14H18BrN3OS/c1-9-7-14(8-9,10-4-3-5-11(15)6-10)12(19)18(17-2)13(16)20/h3-6,9,17H,7-8H2,1-2H3,(H2,16,20). The molecule has 1 aromatic rings. The van der Waals surface area contributed by atoms with Gasteiger partial charge in [-0.1, -0.05) is 35.0 Å². The third kappa shape index (κ3) is 2.60. The Kier molecular flexibility index (Phi) is 4.46. The normalized spacial score (nSPS) is 24.9. The third-order valence-electron chi connectivity index (χ3n) is 3.83. The lowest BCUT2D eigenvalue weighted by atomic mass is 9.58. The minimum absolute atomic E-state index is 0.0476. The van der Waals surface area contributed by atoms with Gasteiger partial charge in [-0.15, -0.1) is 0 Å². The maximum Gasteiger partial charge on any atom is 0.253 e. The monoisotopic (exact) mass is 355 g/mol. The van der Waals surface area contributed by atoms with Gasteiger partial charge in [-0.2, -0.15) is 0 Å². The lowest BCUT2D eigenvalue weighted by Gasteiger charge is -2.47. The summed E-state index contributed by atoms with van der Waals surface area (Å²) in [6, 6.07) is 7.88. The highest BCUT2D eigenvalue weighted by atomic mass is 79.9. The summed E-state index contributed by atoms with van der Waals surface area (Å²) in [5.41, 5.74) is 8.89. The van der Waals surface area contributed by atoms with Crippen molar-refractivity contribution in [3.63, 3.8) is 0 Å². The van der Waals surface area contributed by atoms with Crippen molar-refractivity contribution in [2.45, 2.75) is 25.2 Å². The third-order valence-corrected chi connectivity index (χ3v) is 4.50. The van der Waals surface area contributed by atoms with Crippen molar-refractivity contribution in [1.29, 1.82) is 0 Å². The van der Waals surface area contributed by atoms with E-state index in [0.29, 0.717) is 5.92 Å². The van der Waals surface area contributed by atoms with Crippen LogP contribution in [-0.4, -0.2) is 23.1 Å². The van der Waals surface area contributed by atoms with Gasteiger partial charge in [0.15, 0.2) is 5.11 Å². The minimum Gasteiger partial charge on any atom is -0.375 e. The first-order valence-electron chi connectivity index (χ1n) is 6.48. The molecule has 1 aliphatic carbocycles. The van der Waals surface area contributed by atoms with Crippen molar-refractivity contribution in [1.82, 2.24) is 10.4 Å². The number of nitrogens with two attached hydrogens (primary N) is 1. The fourth-order valence-electron chi connectivity index (χ4n) is 2.98. The summed E-state index contributed by atoms with van der Waals surface area (Å²) in [7, 11) is 1.65. The Morgan fingerprint density at radius 3 is 2.65 bits per heavy atom. The van der Waals surface area contributed by atoms with Gasteiger partial charge in [0.2, 0.25) is 0 Å². The van der Waals surface area contributed by atoms with Crippen LogP contribution in [0.25, 0.3) is 0 Å². The molecule has 6 heteroatoms. The predicted octanol–water partition coefficient (Wildman–Crippen LogP) is 2.32. The number of hydrogen-bond donors (Lipinski definition) is 2. The first-order chi connectivity index (χ1) is 9.40. The van der Waals surface area contributed by atoms with Crippen LogP contribution in [-0.2, 0) is 10.2 Å². The van der Waals surface area contributed by atoms with Crippen LogP contribution in [0.3, 0.4) is 0 Å². The fraction of sp³-hybridized carbons (Fsp3) is 0.429. The van der Waals surface area contributed by atoms with Gasteiger partial charge in [0.1, 0.15) is 0 Å². The molecule has 0 radical (unpaired) electrons. The van der Waals surface area contributed by atoms with Crippen LogP contribution >= 0.6 is 28.1 Å². The van der Waals surface area contributed by atoms with Crippen LogP contribution in [0.1, 0.15) is 25.3 Å². The van der Waals surface area contributed by atoms with Gasteiger partial charge in [0, 0.05) is 11.5 Å². The highest BCUT2D eigenvalue weighted by Crippen LogP contribution is 2.49. The number of rotatable bonds is 3. The number of thiocarbonyl (C=S) groups is 1. The van der Waals surface area contributed by atoms with Gasteiger partial charge in [0.25, 0.3) is 5.91 Å². The molecule has 0 heterocycles. The van der Waals surface area contributed by atoms with Crippen molar-refractivity contribution in [2.24, 2.45) is 11.7 Å². The van der Waals surface area contributed by atoms with Crippen molar-refractivity contribution < 1.29 is 4.79 Å². The van der Waals surface area contributed by atoms with Crippen LogP contribution in [0.2, 0.25) is 0 Å². The number of carbonyl (C=O) groups excluding carboxylic acids is 1. The van der Waals surface area contributed by atoms with Crippen molar-refractivity contribution >= 4 is 39.2 Å². The second-order valence-electron chi connectivity index (χ2n) is 5.31. The second kappa shape index (κ2) is 5.79. The molecule has 0 atom stereocenters. The van der Waals surface area contributed by atoms with E-state index >= 15 is 0 Å². The number of halogens is 1. The maximum atomic E-state index is 12.9. The Morgan fingerprint density at radius 2 is 2.20 bits per heavy atom. The van der Waals surface area contributed by atoms with Crippen molar-refractivity contribution in [3.8, 4) is 0 Å². The molecule has 1 saturated carbocycles. The van der Waals surface area contributed by atoms with E-state index < -0.39 is 5.41 Å². The van der Waals surface area contributed by atoms with Gasteiger partial charge in [-0.05, 0) is 48.7 Å². The molecule has 20 heavy (non-hydrogen) atoms. The lowest BCUT2D eigenvalue weighted by molar-refractivity contribution is -0.140. The molecule has 0 spiro atoms. The lowest BCUT2D eigenvalue weighted by Crippen LogP contribution is -2.59. The molecule has 1 fully saturated rings. The van der Waals surface area contributed by atoms with E-state index in [1.54, 1.807) is 7.05 Å². The second-order valence-corrected chi connectivity index (χ2v) is 6.64. The van der Waals surface area contributed by atoms with Crippen LogP contribution in [0.4, 0.5) is 0 Å². The molecule has 0 bridgehead atoms. The number of hydrogen-bond acceptors (Lipinski definition) is 3. The Hall–Kier alpha value is -0.980. The van der Waals surface area contributed by atoms with E-state index in [2.05, 4.69) is 28.3 Å². The molecular formula is C14H18BrN3OS. The molecule has 0 aliphatic heterocycles. The van der Waals surface area contributed by atoms with Gasteiger partial charge in [-0.25, -0.2) is 10.4 Å². The zero-order valence-corrected chi connectivity index (χ0v) is 13.9. The maximum absolute atomic E-state index is 12.9. The highest BCUT2D eigenvalue weighted by molar-refractivity contribution is 9.10. The average Bonchev–Trinajstić information content (AvgIpc) is 2.34. The molecule has 0 aromatic heterocycles. The van der Waals surface area contributed by atoms with Crippen LogP contribution in [0, 0.1) is 5.92 Å². The summed E-state index contributed by atoms with van der Waals surface area (Å²) < 4.78 is 0.966. The zero-order chi connectivity index (χ0) is 14.9. The Bertz CT molecular complexity index is 543. The van der Waals surface area contributed by atoms with E-state index in [-0.39, 0.29) is 11.0 Å². The fourth-order valence-corrected chi connectivity index (χ4v) is 3.55. The number of amides is 1. The SMILES string of the molecule is CNN(C(=O)C1(c2cccc(Br)c2)CC(C)C1)C(N)=S. The summed E-state index contributed by atoms with van der Waals surface area (Å²) in [5.74, 6) is 0.437. The highest BCUT2D eigenvalue weighted by Gasteiger charge is 2.51. The van der Waals surface area contributed by atoms with E-state index in [4.69, 9.17) is 18.0 Å². The van der Waals surface area contributed by atoms with Gasteiger partial charge in [-0.3, -0.25) is 4.79 Å². The van der Waals surface area contributed by atoms with E-state index in [9.17, 15) is 4.79 Å². The molecule has 0 saturated heterocycles. The molecule has 0 unspecified atom stereocenters. The topological polar surface area (TPSA) is 58.4 Å². The Labute approximate surface area is 132 Å². The number of nitrogens with one attached hydrogen (secondary N) is 1. The smallest absolute Gasteiger partial charge is 0.253 e. The number of nitrogens with zero attached hydrogens (tertiary/aromatic N) is 1. The molecule has 108 valence electrons. The van der Waals surface area contributed by atoms with Crippen LogP contribution in [0.15, 0.2) is 28.7 Å². The first-order valence-corrected chi connectivity index (χ1v) is 7.68. The average molecular weight is 356 g/mol. The first kappa shape index (κ1) is 15.4. The summed E-state index contributed by atoms with van der Waals surface area (Å²) in [6.07, 6.45) is 1.62. The quantitative estimate of drug-likeness (QED) is 0.645.